The van der Waals surface area contributed by atoms with Crippen molar-refractivity contribution in [2.75, 3.05) is 13.1 Å². The molecule has 110 valence electrons. The van der Waals surface area contributed by atoms with Gasteiger partial charge < -0.3 is 10.2 Å². The summed E-state index contributed by atoms with van der Waals surface area (Å²) in [5.41, 5.74) is -0.766. The van der Waals surface area contributed by atoms with Gasteiger partial charge in [0.15, 0.2) is 5.75 Å². The number of carboxylic acids is 1. The number of hydrogen-bond donors (Lipinski definition) is 2. The van der Waals surface area contributed by atoms with Crippen molar-refractivity contribution in [3.63, 3.8) is 0 Å². The molecule has 0 aromatic heterocycles. The summed E-state index contributed by atoms with van der Waals surface area (Å²) in [5.74, 6) is -2.01. The molecule has 2 N–H and O–H groups in total. The monoisotopic (exact) mass is 304 g/mol. The van der Waals surface area contributed by atoms with Gasteiger partial charge in [-0.2, -0.15) is 4.31 Å². The molecule has 1 aromatic rings. The van der Waals surface area contributed by atoms with Gasteiger partial charge in [-0.15, -0.1) is 0 Å². The van der Waals surface area contributed by atoms with Crippen LogP contribution in [0, 0.1) is 10.1 Å². The van der Waals surface area contributed by atoms with E-state index in [-0.39, 0.29) is 6.54 Å². The summed E-state index contributed by atoms with van der Waals surface area (Å²) in [5, 5.41) is 28.6. The Kier molecular flexibility index (Phi) is 4.63. The zero-order valence-corrected chi connectivity index (χ0v) is 11.2. The highest BCUT2D eigenvalue weighted by atomic mass is 32.2. The van der Waals surface area contributed by atoms with Crippen LogP contribution in [0.5, 0.6) is 5.75 Å². The van der Waals surface area contributed by atoms with Gasteiger partial charge in [0, 0.05) is 12.6 Å². The van der Waals surface area contributed by atoms with Crippen LogP contribution in [-0.4, -0.2) is 46.9 Å². The molecule has 0 fully saturated rings. The van der Waals surface area contributed by atoms with Gasteiger partial charge in [-0.1, -0.05) is 6.92 Å². The highest BCUT2D eigenvalue weighted by Gasteiger charge is 2.27. The quantitative estimate of drug-likeness (QED) is 0.572. The molecule has 0 atom stereocenters. The number of aliphatic carboxylic acids is 1. The van der Waals surface area contributed by atoms with Gasteiger partial charge in [0.1, 0.15) is 6.54 Å². The Morgan fingerprint density at radius 3 is 2.50 bits per heavy atom. The molecular weight excluding hydrogens is 292 g/mol. The highest BCUT2D eigenvalue weighted by molar-refractivity contribution is 7.89. The molecule has 1 aromatic carbocycles. The number of nitro benzene ring substituents is 1. The third-order valence-corrected chi connectivity index (χ3v) is 4.36. The molecular formula is C10H12N2O7S. The topological polar surface area (TPSA) is 138 Å². The van der Waals surface area contributed by atoms with Crippen molar-refractivity contribution in [1.29, 1.82) is 0 Å². The number of carboxylic acid groups (broad SMARTS) is 1. The van der Waals surface area contributed by atoms with Gasteiger partial charge in [0.25, 0.3) is 0 Å². The zero-order valence-electron chi connectivity index (χ0n) is 10.4. The molecule has 10 heteroatoms. The molecule has 0 saturated carbocycles. The number of likely N-dealkylation sites (N-methyl/N-ethyl adjacent to an activating group) is 1. The molecule has 0 aliphatic carbocycles. The van der Waals surface area contributed by atoms with Crippen molar-refractivity contribution in [3.8, 4) is 5.75 Å². The Morgan fingerprint density at radius 1 is 1.45 bits per heavy atom. The fraction of sp³-hybridized carbons (Fsp3) is 0.300. The molecule has 0 unspecified atom stereocenters. The molecule has 1 rings (SSSR count). The largest absolute Gasteiger partial charge is 0.502 e. The van der Waals surface area contributed by atoms with E-state index in [2.05, 4.69) is 0 Å². The Bertz CT molecular complexity index is 641. The molecule has 0 saturated heterocycles. The first-order valence-electron chi connectivity index (χ1n) is 5.39. The third-order valence-electron chi connectivity index (χ3n) is 2.45. The molecule has 9 nitrogen and oxygen atoms in total. The van der Waals surface area contributed by atoms with Gasteiger partial charge in [-0.05, 0) is 12.1 Å². The fourth-order valence-electron chi connectivity index (χ4n) is 1.48. The zero-order chi connectivity index (χ0) is 15.5. The smallest absolute Gasteiger partial charge is 0.318 e. The van der Waals surface area contributed by atoms with Crippen molar-refractivity contribution in [1.82, 2.24) is 4.31 Å². The summed E-state index contributed by atoms with van der Waals surface area (Å²) in [6.45, 7) is 0.576. The van der Waals surface area contributed by atoms with Crippen LogP contribution in [0.25, 0.3) is 0 Å². The standard InChI is InChI=1S/C10H12N2O7S/c1-2-11(6-10(14)15)20(18,19)7-3-4-9(13)8(5-7)12(16)17/h3-5,13H,2,6H2,1H3,(H,14,15). The molecule has 0 amide bonds. The van der Waals surface area contributed by atoms with Gasteiger partial charge in [-0.3, -0.25) is 14.9 Å². The van der Waals surface area contributed by atoms with Gasteiger partial charge in [0.05, 0.1) is 9.82 Å². The summed E-state index contributed by atoms with van der Waals surface area (Å²) in [6, 6.07) is 2.54. The van der Waals surface area contributed by atoms with Gasteiger partial charge in [0.2, 0.25) is 10.0 Å². The van der Waals surface area contributed by atoms with Crippen molar-refractivity contribution in [3.05, 3.63) is 28.3 Å². The summed E-state index contributed by atoms with van der Waals surface area (Å²) in [6.07, 6.45) is 0. The van der Waals surface area contributed by atoms with Crippen LogP contribution in [0.3, 0.4) is 0 Å². The fourth-order valence-corrected chi connectivity index (χ4v) is 2.90. The Labute approximate surface area is 114 Å². The van der Waals surface area contributed by atoms with Crippen LogP contribution < -0.4 is 0 Å². The molecule has 0 aliphatic rings. The van der Waals surface area contributed by atoms with E-state index in [4.69, 9.17) is 5.11 Å². The lowest BCUT2D eigenvalue weighted by Gasteiger charge is -2.18. The number of hydrogen-bond acceptors (Lipinski definition) is 6. The normalized spacial score (nSPS) is 11.5. The molecule has 0 aliphatic heterocycles. The Morgan fingerprint density at radius 2 is 2.05 bits per heavy atom. The first-order chi connectivity index (χ1) is 9.20. The summed E-state index contributed by atoms with van der Waals surface area (Å²) < 4.78 is 24.9. The third kappa shape index (κ3) is 3.22. The van der Waals surface area contributed by atoms with Crippen molar-refractivity contribution in [2.45, 2.75) is 11.8 Å². The maximum Gasteiger partial charge on any atom is 0.318 e. The van der Waals surface area contributed by atoms with Crippen molar-refractivity contribution in [2.24, 2.45) is 0 Å². The van der Waals surface area contributed by atoms with Crippen LogP contribution in [0.2, 0.25) is 0 Å². The highest BCUT2D eigenvalue weighted by Crippen LogP contribution is 2.29. The SMILES string of the molecule is CCN(CC(=O)O)S(=O)(=O)c1ccc(O)c([N+](=O)[O-])c1. The maximum atomic E-state index is 12.1. The minimum absolute atomic E-state index is 0.108. The summed E-state index contributed by atoms with van der Waals surface area (Å²) in [7, 11) is -4.18. The molecule has 20 heavy (non-hydrogen) atoms. The van der Waals surface area contributed by atoms with E-state index in [0.29, 0.717) is 10.4 Å². The Hall–Kier alpha value is -2.20. The average Bonchev–Trinajstić information content (AvgIpc) is 2.35. The second-order valence-corrected chi connectivity index (χ2v) is 5.67. The molecule has 0 spiro atoms. The van der Waals surface area contributed by atoms with Crippen molar-refractivity contribution < 1.29 is 28.3 Å². The predicted octanol–water partition coefficient (Wildman–Crippen LogP) is 0.396. The van der Waals surface area contributed by atoms with E-state index in [1.165, 1.54) is 6.92 Å². The van der Waals surface area contributed by atoms with E-state index < -0.39 is 43.8 Å². The maximum absolute atomic E-state index is 12.1. The van der Waals surface area contributed by atoms with Crippen molar-refractivity contribution >= 4 is 21.7 Å². The number of phenols is 1. The number of rotatable bonds is 6. The molecule has 0 bridgehead atoms. The van der Waals surface area contributed by atoms with Gasteiger partial charge in [-0.25, -0.2) is 8.42 Å². The Balaban J connectivity index is 3.31. The van der Waals surface area contributed by atoms with Crippen LogP contribution in [-0.2, 0) is 14.8 Å². The lowest BCUT2D eigenvalue weighted by molar-refractivity contribution is -0.386. The summed E-state index contributed by atoms with van der Waals surface area (Å²) in [4.78, 5) is 19.9. The summed E-state index contributed by atoms with van der Waals surface area (Å²) >= 11 is 0. The lowest BCUT2D eigenvalue weighted by Crippen LogP contribution is -2.35. The number of benzene rings is 1. The van der Waals surface area contributed by atoms with E-state index in [1.54, 1.807) is 0 Å². The number of sulfonamides is 1. The average molecular weight is 304 g/mol. The number of nitrogens with zero attached hydrogens (tertiary/aromatic N) is 2. The number of nitro groups is 1. The predicted molar refractivity (Wildman–Crippen MR) is 66.8 cm³/mol. The number of phenolic OH excluding ortho intramolecular Hbond substituents is 1. The second-order valence-electron chi connectivity index (χ2n) is 3.73. The van der Waals surface area contributed by atoms with Gasteiger partial charge >= 0.3 is 11.7 Å². The molecule has 0 heterocycles. The van der Waals surface area contributed by atoms with E-state index in [0.717, 1.165) is 12.1 Å². The minimum Gasteiger partial charge on any atom is -0.502 e. The van der Waals surface area contributed by atoms with Crippen LogP contribution in [0.4, 0.5) is 5.69 Å². The lowest BCUT2D eigenvalue weighted by atomic mass is 10.3. The van der Waals surface area contributed by atoms with E-state index in [9.17, 15) is 28.4 Å². The number of carbonyl (C=O) groups is 1. The minimum atomic E-state index is -4.18. The van der Waals surface area contributed by atoms with E-state index >= 15 is 0 Å². The van der Waals surface area contributed by atoms with Crippen LogP contribution in [0.1, 0.15) is 6.92 Å². The van der Waals surface area contributed by atoms with Crippen LogP contribution >= 0.6 is 0 Å². The number of aromatic hydroxyl groups is 1. The molecule has 0 radical (unpaired) electrons. The van der Waals surface area contributed by atoms with E-state index in [1.807, 2.05) is 0 Å². The van der Waals surface area contributed by atoms with Crippen LogP contribution in [0.15, 0.2) is 23.1 Å². The first-order valence-corrected chi connectivity index (χ1v) is 6.83. The second kappa shape index (κ2) is 5.84. The first kappa shape index (κ1) is 15.9.